The fourth-order valence-corrected chi connectivity index (χ4v) is 5.61. The Kier molecular flexibility index (Phi) is 11.4. The van der Waals surface area contributed by atoms with Crippen LogP contribution < -0.4 is 0 Å². The van der Waals surface area contributed by atoms with Gasteiger partial charge in [0.1, 0.15) is 0 Å². The van der Waals surface area contributed by atoms with Gasteiger partial charge in [-0.3, -0.25) is 14.7 Å². The number of fused-ring (bicyclic) bond motifs is 1. The predicted molar refractivity (Wildman–Crippen MR) is 162 cm³/mol. The van der Waals surface area contributed by atoms with E-state index >= 15 is 0 Å². The number of nitrogens with one attached hydrogen (secondary N) is 1. The Labute approximate surface area is 263 Å². The fraction of sp³-hybridized carbons (Fsp3) is 0.355. The van der Waals surface area contributed by atoms with Gasteiger partial charge in [0.05, 0.1) is 11.1 Å². The molecular weight excluding hydrogens is 629 g/mol. The van der Waals surface area contributed by atoms with Crippen LogP contribution in [-0.2, 0) is 25.2 Å². The molecule has 238 valence electrons. The number of piperazine rings is 1. The van der Waals surface area contributed by atoms with Gasteiger partial charge in [0.25, 0.3) is 5.91 Å². The van der Waals surface area contributed by atoms with E-state index in [1.165, 1.54) is 4.90 Å². The molecule has 0 saturated carbocycles. The van der Waals surface area contributed by atoms with Crippen molar-refractivity contribution in [1.29, 1.82) is 0 Å². The lowest BCUT2D eigenvalue weighted by Gasteiger charge is -2.42. The second-order valence-corrected chi connectivity index (χ2v) is 10.7. The van der Waals surface area contributed by atoms with E-state index in [1.807, 2.05) is 49.5 Å². The summed E-state index contributed by atoms with van der Waals surface area (Å²) in [6.07, 6.45) is -4.52. The van der Waals surface area contributed by atoms with Crippen LogP contribution in [0.25, 0.3) is 10.9 Å². The van der Waals surface area contributed by atoms with Gasteiger partial charge in [0.2, 0.25) is 0 Å². The number of carbonyl (C=O) groups is 1. The number of carbonyl (C=O) groups excluding carboxylic acids is 1. The number of pyridine rings is 1. The van der Waals surface area contributed by atoms with Crippen molar-refractivity contribution in [3.63, 3.8) is 0 Å². The monoisotopic (exact) mass is 660 g/mol. The van der Waals surface area contributed by atoms with Gasteiger partial charge in [-0.15, -0.1) is 24.8 Å². The molecule has 0 bridgehead atoms. The Morgan fingerprint density at radius 1 is 0.955 bits per heavy atom. The lowest BCUT2D eigenvalue weighted by Crippen LogP contribution is -2.56. The van der Waals surface area contributed by atoms with E-state index in [1.54, 1.807) is 6.20 Å². The first-order valence-corrected chi connectivity index (χ1v) is 13.7. The third kappa shape index (κ3) is 8.05. The van der Waals surface area contributed by atoms with E-state index in [-0.39, 0.29) is 37.4 Å². The smallest absolute Gasteiger partial charge is 0.361 e. The molecule has 4 aromatic rings. The van der Waals surface area contributed by atoms with Crippen LogP contribution in [0.3, 0.4) is 0 Å². The van der Waals surface area contributed by atoms with Crippen molar-refractivity contribution in [3.05, 3.63) is 101 Å². The topological polar surface area (TPSA) is 52.2 Å². The number of alkyl halides is 6. The van der Waals surface area contributed by atoms with Crippen molar-refractivity contribution in [2.75, 3.05) is 26.2 Å². The summed E-state index contributed by atoms with van der Waals surface area (Å²) >= 11 is 0. The van der Waals surface area contributed by atoms with E-state index < -0.39 is 41.0 Å². The highest BCUT2D eigenvalue weighted by Crippen LogP contribution is 2.37. The first kappa shape index (κ1) is 35.2. The molecule has 0 spiro atoms. The molecule has 1 aliphatic rings. The lowest BCUT2D eigenvalue weighted by molar-refractivity contribution is -0.143. The van der Waals surface area contributed by atoms with Gasteiger partial charge in [-0.25, -0.2) is 0 Å². The molecule has 1 fully saturated rings. The fourth-order valence-electron chi connectivity index (χ4n) is 5.61. The Hall–Kier alpha value is -3.28. The van der Waals surface area contributed by atoms with Crippen LogP contribution in [0.1, 0.15) is 44.7 Å². The molecule has 0 radical (unpaired) electrons. The molecule has 5 nitrogen and oxygen atoms in total. The lowest BCUT2D eigenvalue weighted by atomic mass is 9.98. The van der Waals surface area contributed by atoms with Crippen molar-refractivity contribution in [2.45, 2.75) is 44.6 Å². The number of aromatic nitrogens is 2. The van der Waals surface area contributed by atoms with Crippen LogP contribution >= 0.6 is 24.8 Å². The molecule has 1 N–H and O–H groups in total. The highest BCUT2D eigenvalue weighted by molar-refractivity contribution is 5.95. The summed E-state index contributed by atoms with van der Waals surface area (Å²) in [5.74, 6) is -0.847. The largest absolute Gasteiger partial charge is 0.416 e. The molecule has 44 heavy (non-hydrogen) atoms. The van der Waals surface area contributed by atoms with Gasteiger partial charge < -0.3 is 9.88 Å². The van der Waals surface area contributed by atoms with Gasteiger partial charge in [0.15, 0.2) is 0 Å². The molecule has 1 amide bonds. The molecule has 3 heterocycles. The molecule has 5 rings (SSSR count). The average Bonchev–Trinajstić information content (AvgIpc) is 3.35. The SMILES string of the molecule is Cc1cccnc1CCCN1CCN(C(=O)c2cc(C(F)(F)F)cc(C(F)(F)F)c2)[C@H](Cc2c[nH]c3ccccc23)C1.Cl.Cl. The van der Waals surface area contributed by atoms with Crippen LogP contribution in [0.5, 0.6) is 0 Å². The molecule has 1 aliphatic heterocycles. The number of H-pyrrole nitrogens is 1. The zero-order valence-corrected chi connectivity index (χ0v) is 25.3. The molecule has 1 saturated heterocycles. The summed E-state index contributed by atoms with van der Waals surface area (Å²) < 4.78 is 81.2. The third-order valence-electron chi connectivity index (χ3n) is 7.80. The van der Waals surface area contributed by atoms with Crippen molar-refractivity contribution >= 4 is 41.6 Å². The van der Waals surface area contributed by atoms with Crippen molar-refractivity contribution in [2.24, 2.45) is 0 Å². The van der Waals surface area contributed by atoms with Crippen molar-refractivity contribution < 1.29 is 31.1 Å². The number of benzene rings is 2. The molecule has 2 aromatic carbocycles. The summed E-state index contributed by atoms with van der Waals surface area (Å²) in [4.78, 5) is 24.9. The van der Waals surface area contributed by atoms with Crippen LogP contribution in [-0.4, -0.2) is 57.9 Å². The first-order chi connectivity index (χ1) is 19.9. The van der Waals surface area contributed by atoms with Crippen LogP contribution in [0, 0.1) is 6.92 Å². The number of hydrogen-bond donors (Lipinski definition) is 1. The maximum absolute atomic E-state index is 13.7. The number of amides is 1. The Morgan fingerprint density at radius 2 is 1.64 bits per heavy atom. The maximum atomic E-state index is 13.7. The maximum Gasteiger partial charge on any atom is 0.416 e. The highest BCUT2D eigenvalue weighted by atomic mass is 35.5. The summed E-state index contributed by atoms with van der Waals surface area (Å²) in [6.45, 7) is 3.76. The number of rotatable bonds is 7. The zero-order chi connectivity index (χ0) is 30.1. The number of aryl methyl sites for hydroxylation is 2. The van der Waals surface area contributed by atoms with E-state index in [0.717, 1.165) is 40.6 Å². The van der Waals surface area contributed by atoms with Gasteiger partial charge in [-0.1, -0.05) is 24.3 Å². The van der Waals surface area contributed by atoms with Crippen molar-refractivity contribution in [3.8, 4) is 0 Å². The molecular formula is C31H32Cl2F6N4O. The van der Waals surface area contributed by atoms with Gasteiger partial charge in [0, 0.05) is 60.2 Å². The van der Waals surface area contributed by atoms with E-state index in [2.05, 4.69) is 14.9 Å². The minimum atomic E-state index is -5.04. The van der Waals surface area contributed by atoms with Crippen LogP contribution in [0.15, 0.2) is 67.0 Å². The van der Waals surface area contributed by atoms with Gasteiger partial charge in [-0.2, -0.15) is 26.3 Å². The normalized spacial score (nSPS) is 16.0. The summed E-state index contributed by atoms with van der Waals surface area (Å²) in [5, 5.41) is 0.950. The zero-order valence-electron chi connectivity index (χ0n) is 23.7. The highest BCUT2D eigenvalue weighted by Gasteiger charge is 2.39. The number of hydrogen-bond acceptors (Lipinski definition) is 3. The number of halogens is 8. The molecule has 0 unspecified atom stereocenters. The van der Waals surface area contributed by atoms with Crippen LogP contribution in [0.4, 0.5) is 26.3 Å². The van der Waals surface area contributed by atoms with E-state index in [9.17, 15) is 31.1 Å². The summed E-state index contributed by atoms with van der Waals surface area (Å²) in [6, 6.07) is 12.1. The quantitative estimate of drug-likeness (QED) is 0.206. The number of para-hydroxylation sites is 1. The van der Waals surface area contributed by atoms with Gasteiger partial charge in [-0.05, 0) is 74.2 Å². The summed E-state index contributed by atoms with van der Waals surface area (Å²) in [5.41, 5.74) is 0.293. The summed E-state index contributed by atoms with van der Waals surface area (Å²) in [7, 11) is 0. The first-order valence-electron chi connectivity index (χ1n) is 13.7. The molecule has 1 atom stereocenters. The second kappa shape index (κ2) is 14.2. The third-order valence-corrected chi connectivity index (χ3v) is 7.80. The minimum absolute atomic E-state index is 0. The van der Waals surface area contributed by atoms with E-state index in [4.69, 9.17) is 0 Å². The Balaban J connectivity index is 0.00000264. The van der Waals surface area contributed by atoms with E-state index in [0.29, 0.717) is 38.2 Å². The minimum Gasteiger partial charge on any atom is -0.361 e. The molecule has 0 aliphatic carbocycles. The Morgan fingerprint density at radius 3 is 2.30 bits per heavy atom. The second-order valence-electron chi connectivity index (χ2n) is 10.7. The number of nitrogens with zero attached hydrogens (tertiary/aromatic N) is 3. The number of aromatic amines is 1. The van der Waals surface area contributed by atoms with Crippen molar-refractivity contribution in [1.82, 2.24) is 19.8 Å². The standard InChI is InChI=1S/C31H30F6N4O.2ClH/c1-20-6-4-10-38-27(20)9-5-11-40-12-13-41(25(19-40)16-22-18-39-28-8-3-2-7-26(22)28)29(42)21-14-23(30(32,33)34)17-24(15-21)31(35,36)37;;/h2-4,6-8,10,14-15,17-18,25,39H,5,9,11-13,16,19H2,1H3;2*1H/t25-;;/m1../s1. The molecule has 2 aromatic heterocycles. The van der Waals surface area contributed by atoms with Gasteiger partial charge >= 0.3 is 12.4 Å². The average molecular weight is 662 g/mol. The van der Waals surface area contributed by atoms with Crippen LogP contribution in [0.2, 0.25) is 0 Å². The predicted octanol–water partition coefficient (Wildman–Crippen LogP) is 7.75. The Bertz CT molecular complexity index is 1540. The molecule has 13 heteroatoms.